The number of halogens is 1. The second-order valence-corrected chi connectivity index (χ2v) is 6.30. The van der Waals surface area contributed by atoms with Gasteiger partial charge in [-0.1, -0.05) is 66.2 Å². The highest BCUT2D eigenvalue weighted by atomic mass is 35.5. The molecule has 0 amide bonds. The monoisotopic (exact) mass is 361 g/mol. The molecule has 0 radical (unpaired) electrons. The summed E-state index contributed by atoms with van der Waals surface area (Å²) in [4.78, 5) is 4.58. The molecule has 1 N–H and O–H groups in total. The molecule has 0 atom stereocenters. The molecule has 4 heteroatoms. The summed E-state index contributed by atoms with van der Waals surface area (Å²) in [5, 5.41) is 11.7. The largest absolute Gasteiger partial charge is 0.506 e. The van der Waals surface area contributed by atoms with Gasteiger partial charge in [0.05, 0.1) is 11.2 Å². The van der Waals surface area contributed by atoms with E-state index in [-0.39, 0.29) is 17.4 Å². The molecule has 1 heterocycles. The molecule has 0 unspecified atom stereocenters. The zero-order valence-electron chi connectivity index (χ0n) is 13.9. The number of phenolic OH excluding ortho intramolecular Hbond substituents is 1. The fourth-order valence-electron chi connectivity index (χ4n) is 2.85. The van der Waals surface area contributed by atoms with Crippen molar-refractivity contribution in [3.63, 3.8) is 0 Å². The van der Waals surface area contributed by atoms with Crippen LogP contribution in [0.3, 0.4) is 0 Å². The van der Waals surface area contributed by atoms with Crippen molar-refractivity contribution in [3.8, 4) is 22.6 Å². The SMILES string of the molecule is Oc1c(-c2ccccc2)ccc(OCc2ccc3ccccc3n2)c1Cl. The molecule has 0 spiro atoms. The van der Waals surface area contributed by atoms with Gasteiger partial charge in [0, 0.05) is 10.9 Å². The number of hydrogen-bond acceptors (Lipinski definition) is 3. The Balaban J connectivity index is 1.57. The summed E-state index contributed by atoms with van der Waals surface area (Å²) >= 11 is 6.31. The minimum atomic E-state index is 0.0156. The third kappa shape index (κ3) is 3.22. The molecule has 128 valence electrons. The van der Waals surface area contributed by atoms with E-state index in [9.17, 15) is 5.11 Å². The number of pyridine rings is 1. The highest BCUT2D eigenvalue weighted by Crippen LogP contribution is 2.41. The van der Waals surface area contributed by atoms with Gasteiger partial charge in [-0.25, -0.2) is 4.98 Å². The Hall–Kier alpha value is -3.04. The Kier molecular flexibility index (Phi) is 4.46. The molecule has 3 aromatic carbocycles. The fraction of sp³-hybridized carbons (Fsp3) is 0.0455. The Morgan fingerprint density at radius 3 is 2.46 bits per heavy atom. The molecule has 0 aliphatic heterocycles. The van der Waals surface area contributed by atoms with Crippen molar-refractivity contribution in [2.24, 2.45) is 0 Å². The number of nitrogens with zero attached hydrogens (tertiary/aromatic N) is 1. The Bertz CT molecular complexity index is 1060. The summed E-state index contributed by atoms with van der Waals surface area (Å²) in [6.45, 7) is 0.272. The molecule has 3 nitrogen and oxygen atoms in total. The lowest BCUT2D eigenvalue weighted by Crippen LogP contribution is -1.99. The third-order valence-electron chi connectivity index (χ3n) is 4.20. The van der Waals surface area contributed by atoms with Crippen molar-refractivity contribution in [2.75, 3.05) is 0 Å². The quantitative estimate of drug-likeness (QED) is 0.496. The molecule has 0 saturated heterocycles. The van der Waals surface area contributed by atoms with Gasteiger partial charge >= 0.3 is 0 Å². The van der Waals surface area contributed by atoms with Gasteiger partial charge in [0.2, 0.25) is 0 Å². The number of ether oxygens (including phenoxy) is 1. The molecule has 0 saturated carbocycles. The number of benzene rings is 3. The molecule has 0 aliphatic carbocycles. The Morgan fingerprint density at radius 1 is 0.846 bits per heavy atom. The minimum absolute atomic E-state index is 0.0156. The van der Waals surface area contributed by atoms with Gasteiger partial charge in [-0.15, -0.1) is 0 Å². The van der Waals surface area contributed by atoms with E-state index in [0.717, 1.165) is 22.2 Å². The molecular weight excluding hydrogens is 346 g/mol. The first-order valence-corrected chi connectivity index (χ1v) is 8.64. The molecule has 0 fully saturated rings. The van der Waals surface area contributed by atoms with Crippen LogP contribution in [0, 0.1) is 0 Å². The first-order chi connectivity index (χ1) is 12.7. The first-order valence-electron chi connectivity index (χ1n) is 8.27. The number of aromatic hydroxyl groups is 1. The molecule has 0 bridgehead atoms. The summed E-state index contributed by atoms with van der Waals surface area (Å²) in [5.41, 5.74) is 3.29. The van der Waals surface area contributed by atoms with Crippen LogP contribution in [-0.2, 0) is 6.61 Å². The number of para-hydroxylation sites is 1. The Labute approximate surface area is 156 Å². The number of phenols is 1. The lowest BCUT2D eigenvalue weighted by molar-refractivity contribution is 0.300. The summed E-state index contributed by atoms with van der Waals surface area (Å²) in [7, 11) is 0. The maximum atomic E-state index is 10.4. The molecule has 1 aromatic heterocycles. The average molecular weight is 362 g/mol. The van der Waals surface area contributed by atoms with Gasteiger partial charge < -0.3 is 9.84 Å². The van der Waals surface area contributed by atoms with Crippen molar-refractivity contribution in [2.45, 2.75) is 6.61 Å². The van der Waals surface area contributed by atoms with Crippen LogP contribution in [0.2, 0.25) is 5.02 Å². The van der Waals surface area contributed by atoms with Crippen LogP contribution in [0.15, 0.2) is 78.9 Å². The van der Waals surface area contributed by atoms with Crippen LogP contribution in [-0.4, -0.2) is 10.1 Å². The number of aromatic nitrogens is 1. The Morgan fingerprint density at radius 2 is 1.62 bits per heavy atom. The highest BCUT2D eigenvalue weighted by molar-refractivity contribution is 6.34. The zero-order valence-corrected chi connectivity index (χ0v) is 14.6. The van der Waals surface area contributed by atoms with Gasteiger partial charge in [-0.3, -0.25) is 0 Å². The van der Waals surface area contributed by atoms with E-state index in [1.165, 1.54) is 0 Å². The van der Waals surface area contributed by atoms with E-state index >= 15 is 0 Å². The number of hydrogen-bond donors (Lipinski definition) is 1. The van der Waals surface area contributed by atoms with Crippen LogP contribution in [0.5, 0.6) is 11.5 Å². The van der Waals surface area contributed by atoms with Gasteiger partial charge in [0.1, 0.15) is 23.1 Å². The smallest absolute Gasteiger partial charge is 0.145 e. The van der Waals surface area contributed by atoms with Crippen LogP contribution < -0.4 is 4.74 Å². The van der Waals surface area contributed by atoms with Crippen molar-refractivity contribution in [3.05, 3.63) is 89.6 Å². The summed E-state index contributed by atoms with van der Waals surface area (Å²) in [5.74, 6) is 0.445. The van der Waals surface area contributed by atoms with Gasteiger partial charge in [0.15, 0.2) is 0 Å². The number of fused-ring (bicyclic) bond motifs is 1. The van der Waals surface area contributed by atoms with E-state index in [0.29, 0.717) is 11.3 Å². The van der Waals surface area contributed by atoms with Crippen LogP contribution >= 0.6 is 11.6 Å². The van der Waals surface area contributed by atoms with Crippen LogP contribution in [0.25, 0.3) is 22.0 Å². The minimum Gasteiger partial charge on any atom is -0.506 e. The highest BCUT2D eigenvalue weighted by Gasteiger charge is 2.13. The fourth-order valence-corrected chi connectivity index (χ4v) is 3.07. The van der Waals surface area contributed by atoms with Gasteiger partial charge in [-0.2, -0.15) is 0 Å². The van der Waals surface area contributed by atoms with Gasteiger partial charge in [-0.05, 0) is 29.8 Å². The van der Waals surface area contributed by atoms with E-state index in [1.54, 1.807) is 12.1 Å². The molecular formula is C22H16ClNO2. The molecule has 26 heavy (non-hydrogen) atoms. The predicted molar refractivity (Wildman–Crippen MR) is 105 cm³/mol. The third-order valence-corrected chi connectivity index (χ3v) is 4.56. The topological polar surface area (TPSA) is 42.4 Å². The standard InChI is InChI=1S/C22H16ClNO2/c23-21-20(13-12-18(22(21)25)15-6-2-1-3-7-15)26-14-17-11-10-16-8-4-5-9-19(16)24-17/h1-13,25H,14H2. The average Bonchev–Trinajstić information content (AvgIpc) is 2.69. The van der Waals surface area contributed by atoms with Crippen molar-refractivity contribution in [1.29, 1.82) is 0 Å². The second-order valence-electron chi connectivity index (χ2n) is 5.92. The normalized spacial score (nSPS) is 10.8. The van der Waals surface area contributed by atoms with E-state index in [1.807, 2.05) is 66.7 Å². The van der Waals surface area contributed by atoms with Crippen molar-refractivity contribution < 1.29 is 9.84 Å². The predicted octanol–water partition coefficient (Wildman–Crippen LogP) is 5.84. The zero-order chi connectivity index (χ0) is 17.9. The molecule has 4 aromatic rings. The van der Waals surface area contributed by atoms with E-state index in [2.05, 4.69) is 4.98 Å². The lowest BCUT2D eigenvalue weighted by atomic mass is 10.0. The number of rotatable bonds is 4. The van der Waals surface area contributed by atoms with Crippen molar-refractivity contribution >= 4 is 22.5 Å². The van der Waals surface area contributed by atoms with Crippen LogP contribution in [0.1, 0.15) is 5.69 Å². The maximum Gasteiger partial charge on any atom is 0.145 e. The second kappa shape index (κ2) is 7.06. The molecule has 4 rings (SSSR count). The van der Waals surface area contributed by atoms with Crippen LogP contribution in [0.4, 0.5) is 0 Å². The van der Waals surface area contributed by atoms with Gasteiger partial charge in [0.25, 0.3) is 0 Å². The molecule has 0 aliphatic rings. The summed E-state index contributed by atoms with van der Waals surface area (Å²) in [6.07, 6.45) is 0. The maximum absolute atomic E-state index is 10.4. The summed E-state index contributed by atoms with van der Waals surface area (Å²) < 4.78 is 5.79. The lowest BCUT2D eigenvalue weighted by Gasteiger charge is -2.12. The van der Waals surface area contributed by atoms with E-state index < -0.39 is 0 Å². The summed E-state index contributed by atoms with van der Waals surface area (Å²) in [6, 6.07) is 25.0. The first kappa shape index (κ1) is 16.4. The van der Waals surface area contributed by atoms with E-state index in [4.69, 9.17) is 16.3 Å². The van der Waals surface area contributed by atoms with Crippen molar-refractivity contribution in [1.82, 2.24) is 4.98 Å².